The van der Waals surface area contributed by atoms with Crippen molar-refractivity contribution in [1.82, 2.24) is 24.7 Å². The van der Waals surface area contributed by atoms with Crippen molar-refractivity contribution in [3.05, 3.63) is 41.3 Å². The molecule has 2 bridgehead atoms. The SMILES string of the molecule is Cn1cc(NC(=O)c2ccc3ccc(N4CC5CCC4CN5)nn23)c(Cl)n1.O=C(O)C(F)(F)F. The van der Waals surface area contributed by atoms with Crippen LogP contribution in [0.2, 0.25) is 5.15 Å². The number of fused-ring (bicyclic) bond motifs is 4. The van der Waals surface area contributed by atoms with Crippen LogP contribution in [0.1, 0.15) is 23.3 Å². The molecule has 14 heteroatoms. The van der Waals surface area contributed by atoms with Gasteiger partial charge in [0.15, 0.2) is 5.15 Å². The molecule has 6 rings (SSSR count). The van der Waals surface area contributed by atoms with Crippen LogP contribution in [0.25, 0.3) is 5.52 Å². The molecule has 34 heavy (non-hydrogen) atoms. The van der Waals surface area contributed by atoms with Gasteiger partial charge in [-0.25, -0.2) is 9.31 Å². The van der Waals surface area contributed by atoms with Crippen LogP contribution < -0.4 is 15.5 Å². The highest BCUT2D eigenvalue weighted by Gasteiger charge is 2.38. The lowest BCUT2D eigenvalue weighted by molar-refractivity contribution is -0.192. The lowest BCUT2D eigenvalue weighted by Crippen LogP contribution is -2.61. The number of aliphatic carboxylic acids is 1. The van der Waals surface area contributed by atoms with Gasteiger partial charge < -0.3 is 20.6 Å². The minimum Gasteiger partial charge on any atom is -0.475 e. The third-order valence-corrected chi connectivity index (χ3v) is 5.92. The minimum absolute atomic E-state index is 0.261. The molecule has 3 N–H and O–H groups in total. The zero-order valence-corrected chi connectivity index (χ0v) is 18.6. The molecule has 2 atom stereocenters. The Morgan fingerprint density at radius 3 is 2.44 bits per heavy atom. The van der Waals surface area contributed by atoms with Gasteiger partial charge in [0.2, 0.25) is 0 Å². The summed E-state index contributed by atoms with van der Waals surface area (Å²) in [6.07, 6.45) is -1.02. The number of carboxylic acid groups (broad SMARTS) is 1. The summed E-state index contributed by atoms with van der Waals surface area (Å²) in [5.74, 6) is -2.12. The molecular weight excluding hydrogens is 479 g/mol. The van der Waals surface area contributed by atoms with Gasteiger partial charge in [0.25, 0.3) is 5.91 Å². The Morgan fingerprint density at radius 2 is 1.91 bits per heavy atom. The van der Waals surface area contributed by atoms with Crippen LogP contribution in [-0.4, -0.2) is 67.7 Å². The van der Waals surface area contributed by atoms with Crippen molar-refractivity contribution in [2.45, 2.75) is 31.1 Å². The number of halogens is 4. The number of hydrogen-bond donors (Lipinski definition) is 3. The molecule has 3 saturated heterocycles. The molecule has 6 heterocycles. The van der Waals surface area contributed by atoms with E-state index < -0.39 is 12.1 Å². The molecular formula is C20H21ClF3N7O3. The number of alkyl halides is 3. The second kappa shape index (κ2) is 9.14. The van der Waals surface area contributed by atoms with Crippen LogP contribution in [0.5, 0.6) is 0 Å². The van der Waals surface area contributed by atoms with Crippen molar-refractivity contribution < 1.29 is 27.9 Å². The van der Waals surface area contributed by atoms with Crippen molar-refractivity contribution in [3.63, 3.8) is 0 Å². The van der Waals surface area contributed by atoms with Gasteiger partial charge in [0.05, 0.1) is 11.2 Å². The van der Waals surface area contributed by atoms with Gasteiger partial charge in [-0.1, -0.05) is 11.6 Å². The first kappa shape index (κ1) is 23.8. The van der Waals surface area contributed by atoms with Crippen molar-refractivity contribution in [1.29, 1.82) is 0 Å². The summed E-state index contributed by atoms with van der Waals surface area (Å²) in [5.41, 5.74) is 1.82. The number of nitrogens with one attached hydrogen (secondary N) is 2. The number of aryl methyl sites for hydroxylation is 1. The molecule has 1 amide bonds. The molecule has 3 fully saturated rings. The number of carbonyl (C=O) groups excluding carboxylic acids is 1. The van der Waals surface area contributed by atoms with E-state index in [0.717, 1.165) is 24.4 Å². The van der Waals surface area contributed by atoms with Crippen molar-refractivity contribution in [2.24, 2.45) is 7.05 Å². The highest BCUT2D eigenvalue weighted by atomic mass is 35.5. The maximum Gasteiger partial charge on any atom is 0.490 e. The number of piperidine rings is 2. The highest BCUT2D eigenvalue weighted by molar-refractivity contribution is 6.32. The fourth-order valence-corrected chi connectivity index (χ4v) is 4.24. The summed E-state index contributed by atoms with van der Waals surface area (Å²) >= 11 is 6.05. The van der Waals surface area contributed by atoms with E-state index in [1.54, 1.807) is 28.5 Å². The number of hydrogen-bond acceptors (Lipinski definition) is 6. The van der Waals surface area contributed by atoms with E-state index in [1.807, 2.05) is 18.2 Å². The van der Waals surface area contributed by atoms with Crippen molar-refractivity contribution >= 4 is 40.5 Å². The van der Waals surface area contributed by atoms with E-state index in [4.69, 9.17) is 26.6 Å². The predicted octanol–water partition coefficient (Wildman–Crippen LogP) is 2.55. The van der Waals surface area contributed by atoms with Gasteiger partial charge in [-0.05, 0) is 37.1 Å². The molecule has 2 unspecified atom stereocenters. The first-order chi connectivity index (χ1) is 16.0. The normalized spacial score (nSPS) is 19.6. The molecule has 0 saturated carbocycles. The summed E-state index contributed by atoms with van der Waals surface area (Å²) < 4.78 is 35.0. The van der Waals surface area contributed by atoms with Crippen LogP contribution in [0.3, 0.4) is 0 Å². The standard InChI is InChI=1S/C18H20ClN7O.C2HF3O2/c1-24-10-14(17(19)23-24)21-18(27)15-6-4-12-5-7-16(22-26(12)15)25-9-11-2-3-13(25)8-20-11;3-2(4,5)1(6)7/h4-7,10-11,13,20H,2-3,8-9H2,1H3,(H,21,27);(H,6,7). The number of amides is 1. The third kappa shape index (κ3) is 4.94. The number of aromatic nitrogens is 4. The van der Waals surface area contributed by atoms with Crippen LogP contribution in [0, 0.1) is 0 Å². The largest absolute Gasteiger partial charge is 0.490 e. The maximum atomic E-state index is 12.8. The first-order valence-electron chi connectivity index (χ1n) is 10.3. The van der Waals surface area contributed by atoms with Crippen LogP contribution >= 0.6 is 11.6 Å². The average Bonchev–Trinajstić information content (AvgIpc) is 3.36. The lowest BCUT2D eigenvalue weighted by Gasteiger charge is -2.46. The molecule has 0 radical (unpaired) electrons. The van der Waals surface area contributed by atoms with E-state index in [2.05, 4.69) is 20.6 Å². The van der Waals surface area contributed by atoms with Gasteiger partial charge in [0.1, 0.15) is 11.5 Å². The summed E-state index contributed by atoms with van der Waals surface area (Å²) in [6, 6.07) is 8.69. The highest BCUT2D eigenvalue weighted by Crippen LogP contribution is 2.27. The maximum absolute atomic E-state index is 12.8. The fraction of sp³-hybridized carbons (Fsp3) is 0.400. The fourth-order valence-electron chi connectivity index (χ4n) is 4.02. The van der Waals surface area contributed by atoms with Gasteiger partial charge in [0, 0.05) is 38.4 Å². The van der Waals surface area contributed by atoms with Crippen LogP contribution in [-0.2, 0) is 11.8 Å². The number of rotatable bonds is 3. The summed E-state index contributed by atoms with van der Waals surface area (Å²) in [5, 5.41) is 22.6. The van der Waals surface area contributed by atoms with E-state index in [0.29, 0.717) is 23.5 Å². The zero-order chi connectivity index (χ0) is 24.6. The Bertz CT molecular complexity index is 1220. The van der Waals surface area contributed by atoms with Gasteiger partial charge in [-0.2, -0.15) is 18.3 Å². The lowest BCUT2D eigenvalue weighted by atomic mass is 9.93. The molecule has 0 aromatic carbocycles. The van der Waals surface area contributed by atoms with Gasteiger partial charge in [-0.3, -0.25) is 9.48 Å². The third-order valence-electron chi connectivity index (χ3n) is 5.64. The van der Waals surface area contributed by atoms with Crippen molar-refractivity contribution in [3.8, 4) is 0 Å². The van der Waals surface area contributed by atoms with Crippen LogP contribution in [0.15, 0.2) is 30.5 Å². The zero-order valence-electron chi connectivity index (χ0n) is 17.9. The predicted molar refractivity (Wildman–Crippen MR) is 117 cm³/mol. The summed E-state index contributed by atoms with van der Waals surface area (Å²) in [4.78, 5) is 24.0. The Hall–Kier alpha value is -3.32. The Kier molecular flexibility index (Phi) is 6.41. The second-order valence-electron chi connectivity index (χ2n) is 8.00. The second-order valence-corrected chi connectivity index (χ2v) is 8.36. The monoisotopic (exact) mass is 499 g/mol. The molecule has 3 aromatic rings. The molecule has 3 aliphatic rings. The first-order valence-corrected chi connectivity index (χ1v) is 10.7. The Morgan fingerprint density at radius 1 is 1.21 bits per heavy atom. The molecule has 3 aromatic heterocycles. The smallest absolute Gasteiger partial charge is 0.475 e. The summed E-state index contributed by atoms with van der Waals surface area (Å²) in [7, 11) is 1.75. The van der Waals surface area contributed by atoms with Gasteiger partial charge in [-0.15, -0.1) is 5.10 Å². The Balaban J connectivity index is 0.000000344. The Labute approximate surface area is 196 Å². The van der Waals surface area contributed by atoms with E-state index >= 15 is 0 Å². The topological polar surface area (TPSA) is 117 Å². The number of nitrogens with zero attached hydrogens (tertiary/aromatic N) is 5. The quantitative estimate of drug-likeness (QED) is 0.507. The number of carboxylic acids is 1. The van der Waals surface area contributed by atoms with E-state index in [9.17, 15) is 18.0 Å². The number of anilines is 2. The van der Waals surface area contributed by atoms with E-state index in [1.165, 1.54) is 12.8 Å². The van der Waals surface area contributed by atoms with Crippen molar-refractivity contribution in [2.75, 3.05) is 23.3 Å². The molecule has 3 aliphatic heterocycles. The average molecular weight is 500 g/mol. The van der Waals surface area contributed by atoms with E-state index in [-0.39, 0.29) is 11.1 Å². The molecule has 10 nitrogen and oxygen atoms in total. The summed E-state index contributed by atoms with van der Waals surface area (Å²) in [6.45, 7) is 1.94. The van der Waals surface area contributed by atoms with Crippen LogP contribution in [0.4, 0.5) is 24.7 Å². The molecule has 0 spiro atoms. The molecule has 182 valence electrons. The minimum atomic E-state index is -5.08. The molecule has 0 aliphatic carbocycles. The van der Waals surface area contributed by atoms with Gasteiger partial charge >= 0.3 is 12.1 Å². The number of piperazine rings is 1. The number of carbonyl (C=O) groups is 2.